The van der Waals surface area contributed by atoms with Gasteiger partial charge in [0.1, 0.15) is 0 Å². The van der Waals surface area contributed by atoms with Crippen molar-refractivity contribution < 1.29 is 19.4 Å². The molecule has 0 saturated heterocycles. The van der Waals surface area contributed by atoms with E-state index in [1.165, 1.54) is 26.4 Å². The van der Waals surface area contributed by atoms with Crippen molar-refractivity contribution in [2.75, 3.05) is 19.5 Å². The topological polar surface area (TPSA) is 67.8 Å². The Hall–Kier alpha value is -1.30. The van der Waals surface area contributed by atoms with E-state index >= 15 is 0 Å². The SMILES string of the molecule is COC(OC)C(C)Nc1ccc(Cl)c(C(=O)O)c1. The highest BCUT2D eigenvalue weighted by Gasteiger charge is 2.16. The maximum absolute atomic E-state index is 10.9. The van der Waals surface area contributed by atoms with E-state index in [0.29, 0.717) is 5.69 Å². The van der Waals surface area contributed by atoms with Crippen LogP contribution in [0.2, 0.25) is 5.02 Å². The molecule has 0 aliphatic heterocycles. The van der Waals surface area contributed by atoms with E-state index in [2.05, 4.69) is 5.32 Å². The van der Waals surface area contributed by atoms with Gasteiger partial charge >= 0.3 is 5.97 Å². The van der Waals surface area contributed by atoms with E-state index in [0.717, 1.165) is 0 Å². The zero-order valence-corrected chi connectivity index (χ0v) is 11.2. The maximum atomic E-state index is 10.9. The van der Waals surface area contributed by atoms with Crippen molar-refractivity contribution in [2.45, 2.75) is 19.3 Å². The first-order valence-corrected chi connectivity index (χ1v) is 5.72. The Morgan fingerprint density at radius 3 is 2.50 bits per heavy atom. The Labute approximate surface area is 111 Å². The van der Waals surface area contributed by atoms with E-state index in [-0.39, 0.29) is 16.6 Å². The van der Waals surface area contributed by atoms with Gasteiger partial charge < -0.3 is 19.9 Å². The molecular formula is C12H16ClNO4. The average Bonchev–Trinajstić information content (AvgIpc) is 2.32. The molecule has 2 N–H and O–H groups in total. The maximum Gasteiger partial charge on any atom is 0.337 e. The van der Waals surface area contributed by atoms with Crippen LogP contribution in [0.25, 0.3) is 0 Å². The minimum absolute atomic E-state index is 0.0558. The molecule has 0 fully saturated rings. The molecule has 0 aliphatic carbocycles. The lowest BCUT2D eigenvalue weighted by Gasteiger charge is -2.23. The number of halogens is 1. The minimum atomic E-state index is -1.06. The Balaban J connectivity index is 2.85. The molecule has 5 nitrogen and oxygen atoms in total. The summed E-state index contributed by atoms with van der Waals surface area (Å²) in [4.78, 5) is 10.9. The Kier molecular flexibility index (Phi) is 5.40. The second-order valence-electron chi connectivity index (χ2n) is 3.77. The summed E-state index contributed by atoms with van der Waals surface area (Å²) in [5, 5.41) is 12.3. The van der Waals surface area contributed by atoms with Gasteiger partial charge in [-0.05, 0) is 25.1 Å². The molecular weight excluding hydrogens is 258 g/mol. The highest BCUT2D eigenvalue weighted by atomic mass is 35.5. The van der Waals surface area contributed by atoms with Gasteiger partial charge in [-0.15, -0.1) is 0 Å². The van der Waals surface area contributed by atoms with Crippen molar-refractivity contribution in [2.24, 2.45) is 0 Å². The van der Waals surface area contributed by atoms with Crippen LogP contribution in [0.5, 0.6) is 0 Å². The molecule has 1 atom stereocenters. The van der Waals surface area contributed by atoms with E-state index in [1.54, 1.807) is 6.07 Å². The summed E-state index contributed by atoms with van der Waals surface area (Å²) < 4.78 is 10.2. The van der Waals surface area contributed by atoms with E-state index in [9.17, 15) is 4.79 Å². The molecule has 0 amide bonds. The molecule has 1 rings (SSSR count). The van der Waals surface area contributed by atoms with E-state index in [4.69, 9.17) is 26.2 Å². The largest absolute Gasteiger partial charge is 0.478 e. The molecule has 1 aromatic carbocycles. The molecule has 1 unspecified atom stereocenters. The Bertz CT molecular complexity index is 421. The zero-order chi connectivity index (χ0) is 13.7. The predicted octanol–water partition coefficient (Wildman–Crippen LogP) is 2.46. The third-order valence-corrected chi connectivity index (χ3v) is 2.79. The van der Waals surface area contributed by atoms with Gasteiger partial charge in [-0.3, -0.25) is 0 Å². The van der Waals surface area contributed by atoms with Crippen LogP contribution < -0.4 is 5.32 Å². The van der Waals surface area contributed by atoms with Gasteiger partial charge in [0.05, 0.1) is 16.6 Å². The first-order valence-electron chi connectivity index (χ1n) is 5.34. The number of anilines is 1. The van der Waals surface area contributed by atoms with Gasteiger partial charge in [0.25, 0.3) is 0 Å². The number of carboxylic acids is 1. The Morgan fingerprint density at radius 1 is 1.39 bits per heavy atom. The van der Waals surface area contributed by atoms with Crippen molar-refractivity contribution in [3.63, 3.8) is 0 Å². The highest BCUT2D eigenvalue weighted by molar-refractivity contribution is 6.33. The lowest BCUT2D eigenvalue weighted by atomic mass is 10.2. The van der Waals surface area contributed by atoms with Crippen molar-refractivity contribution in [3.8, 4) is 0 Å². The summed E-state index contributed by atoms with van der Waals surface area (Å²) in [5.41, 5.74) is 0.698. The molecule has 0 aliphatic rings. The van der Waals surface area contributed by atoms with Crippen LogP contribution in [0.4, 0.5) is 5.69 Å². The summed E-state index contributed by atoms with van der Waals surface area (Å²) >= 11 is 5.79. The monoisotopic (exact) mass is 273 g/mol. The highest BCUT2D eigenvalue weighted by Crippen LogP contribution is 2.21. The third kappa shape index (κ3) is 3.60. The molecule has 0 spiro atoms. The molecule has 6 heteroatoms. The van der Waals surface area contributed by atoms with Crippen LogP contribution in [-0.2, 0) is 9.47 Å². The van der Waals surface area contributed by atoms with Crippen LogP contribution >= 0.6 is 11.6 Å². The first-order chi connectivity index (χ1) is 8.49. The standard InChI is InChI=1S/C12H16ClNO4/c1-7(12(17-2)18-3)14-8-4-5-10(13)9(6-8)11(15)16/h4-7,12,14H,1-3H3,(H,15,16). The molecule has 0 bridgehead atoms. The lowest BCUT2D eigenvalue weighted by molar-refractivity contribution is -0.109. The fourth-order valence-corrected chi connectivity index (χ4v) is 1.81. The second kappa shape index (κ2) is 6.58. The van der Waals surface area contributed by atoms with Crippen molar-refractivity contribution >= 4 is 23.3 Å². The molecule has 0 aromatic heterocycles. The van der Waals surface area contributed by atoms with Crippen molar-refractivity contribution in [3.05, 3.63) is 28.8 Å². The molecule has 1 aromatic rings. The number of rotatable bonds is 6. The van der Waals surface area contributed by atoms with Gasteiger partial charge in [-0.1, -0.05) is 11.6 Å². The predicted molar refractivity (Wildman–Crippen MR) is 69.3 cm³/mol. The molecule has 100 valence electrons. The van der Waals surface area contributed by atoms with Gasteiger partial charge in [0, 0.05) is 19.9 Å². The number of methoxy groups -OCH3 is 2. The summed E-state index contributed by atoms with van der Waals surface area (Å²) in [6.45, 7) is 1.87. The van der Waals surface area contributed by atoms with Gasteiger partial charge in [-0.2, -0.15) is 0 Å². The van der Waals surface area contributed by atoms with Crippen LogP contribution in [0.3, 0.4) is 0 Å². The summed E-state index contributed by atoms with van der Waals surface area (Å²) in [6.07, 6.45) is -0.422. The van der Waals surface area contributed by atoms with Gasteiger partial charge in [0.15, 0.2) is 6.29 Å². The van der Waals surface area contributed by atoms with Gasteiger partial charge in [-0.25, -0.2) is 4.79 Å². The average molecular weight is 274 g/mol. The van der Waals surface area contributed by atoms with Gasteiger partial charge in [0.2, 0.25) is 0 Å². The smallest absolute Gasteiger partial charge is 0.337 e. The zero-order valence-electron chi connectivity index (χ0n) is 10.4. The summed E-state index contributed by atoms with van der Waals surface area (Å²) in [5.74, 6) is -1.06. The minimum Gasteiger partial charge on any atom is -0.478 e. The van der Waals surface area contributed by atoms with Crippen LogP contribution in [0.15, 0.2) is 18.2 Å². The Morgan fingerprint density at radius 2 is 2.00 bits per heavy atom. The van der Waals surface area contributed by atoms with Crippen LogP contribution in [-0.4, -0.2) is 37.6 Å². The quantitative estimate of drug-likeness (QED) is 0.779. The van der Waals surface area contributed by atoms with E-state index < -0.39 is 12.3 Å². The van der Waals surface area contributed by atoms with Crippen LogP contribution in [0, 0.1) is 0 Å². The fraction of sp³-hybridized carbons (Fsp3) is 0.417. The molecule has 0 radical (unpaired) electrons. The number of ether oxygens (including phenoxy) is 2. The number of carboxylic acid groups (broad SMARTS) is 1. The molecule has 18 heavy (non-hydrogen) atoms. The van der Waals surface area contributed by atoms with E-state index in [1.807, 2.05) is 6.92 Å². The first kappa shape index (κ1) is 14.8. The van der Waals surface area contributed by atoms with Crippen LogP contribution in [0.1, 0.15) is 17.3 Å². The number of nitrogens with one attached hydrogen (secondary N) is 1. The molecule has 0 saturated carbocycles. The summed E-state index contributed by atoms with van der Waals surface area (Å²) in [7, 11) is 3.08. The second-order valence-corrected chi connectivity index (χ2v) is 4.18. The van der Waals surface area contributed by atoms with Crippen molar-refractivity contribution in [1.82, 2.24) is 0 Å². The third-order valence-electron chi connectivity index (χ3n) is 2.46. The normalized spacial score (nSPS) is 12.5. The van der Waals surface area contributed by atoms with Crippen molar-refractivity contribution in [1.29, 1.82) is 0 Å². The molecule has 0 heterocycles. The number of carbonyl (C=O) groups is 1. The number of aromatic carboxylic acids is 1. The lowest BCUT2D eigenvalue weighted by Crippen LogP contribution is -2.33. The number of hydrogen-bond donors (Lipinski definition) is 2. The number of benzene rings is 1. The fourth-order valence-electron chi connectivity index (χ4n) is 1.61. The summed E-state index contributed by atoms with van der Waals surface area (Å²) in [6, 6.07) is 4.58. The number of hydrogen-bond acceptors (Lipinski definition) is 4.